The second-order valence-corrected chi connectivity index (χ2v) is 7.83. The van der Waals surface area contributed by atoms with Gasteiger partial charge in [-0.2, -0.15) is 0 Å². The first-order valence-corrected chi connectivity index (χ1v) is 11.5. The largest absolute Gasteiger partial charge is 0.494 e. The standard InChI is InChI=1S/C27H31NO6/c1-28-21-5-7-23(8-6-21)31-19-32-25-13-15-26(16-14-25)34-20-33-24-11-9-22(10-12-24)29-17-3-2-4-27-18-30-27/h5-16,27-28H,2-4,17-20H2,1H3. The van der Waals surface area contributed by atoms with Crippen LogP contribution in [0.15, 0.2) is 72.8 Å². The van der Waals surface area contributed by atoms with Crippen molar-refractivity contribution < 1.29 is 28.4 Å². The number of unbranched alkanes of at least 4 members (excludes halogenated alkanes) is 1. The molecule has 180 valence electrons. The minimum absolute atomic E-state index is 0.107. The van der Waals surface area contributed by atoms with Gasteiger partial charge in [-0.3, -0.25) is 0 Å². The van der Waals surface area contributed by atoms with Crippen molar-refractivity contribution in [1.82, 2.24) is 0 Å². The molecule has 1 unspecified atom stereocenters. The quantitative estimate of drug-likeness (QED) is 0.180. The number of ether oxygens (including phenoxy) is 6. The smallest absolute Gasteiger partial charge is 0.230 e. The van der Waals surface area contributed by atoms with E-state index in [1.807, 2.05) is 79.8 Å². The van der Waals surface area contributed by atoms with Gasteiger partial charge in [-0.15, -0.1) is 0 Å². The maximum absolute atomic E-state index is 5.76. The topological polar surface area (TPSA) is 70.7 Å². The minimum Gasteiger partial charge on any atom is -0.494 e. The molecule has 7 nitrogen and oxygen atoms in total. The Labute approximate surface area is 200 Å². The molecule has 1 N–H and O–H groups in total. The summed E-state index contributed by atoms with van der Waals surface area (Å²) in [5.41, 5.74) is 1.03. The first-order valence-electron chi connectivity index (χ1n) is 11.5. The van der Waals surface area contributed by atoms with Crippen molar-refractivity contribution in [2.45, 2.75) is 25.4 Å². The number of hydrogen-bond acceptors (Lipinski definition) is 7. The molecule has 0 amide bonds. The van der Waals surface area contributed by atoms with Crippen molar-refractivity contribution in [2.24, 2.45) is 0 Å². The number of rotatable bonds is 15. The fourth-order valence-corrected chi connectivity index (χ4v) is 3.21. The van der Waals surface area contributed by atoms with Crippen LogP contribution < -0.4 is 29.0 Å². The summed E-state index contributed by atoms with van der Waals surface area (Å²) in [6.07, 6.45) is 3.80. The fourth-order valence-electron chi connectivity index (χ4n) is 3.21. The minimum atomic E-state index is 0.107. The second kappa shape index (κ2) is 12.6. The van der Waals surface area contributed by atoms with Crippen molar-refractivity contribution in [1.29, 1.82) is 0 Å². The summed E-state index contributed by atoms with van der Waals surface area (Å²) < 4.78 is 33.5. The Morgan fingerprint density at radius 1 is 0.647 bits per heavy atom. The summed E-state index contributed by atoms with van der Waals surface area (Å²) in [6, 6.07) is 22.5. The molecule has 1 atom stereocenters. The summed E-state index contributed by atoms with van der Waals surface area (Å²) in [4.78, 5) is 0. The van der Waals surface area contributed by atoms with Crippen LogP contribution in [0.5, 0.6) is 28.7 Å². The Balaban J connectivity index is 1.09. The first kappa shape index (κ1) is 23.6. The summed E-state index contributed by atoms with van der Waals surface area (Å²) in [5, 5.41) is 3.07. The van der Waals surface area contributed by atoms with E-state index < -0.39 is 0 Å². The van der Waals surface area contributed by atoms with Crippen LogP contribution in [0, 0.1) is 0 Å². The molecule has 3 aromatic carbocycles. The molecular formula is C27H31NO6. The molecule has 0 spiro atoms. The molecule has 1 saturated heterocycles. The average molecular weight is 466 g/mol. The van der Waals surface area contributed by atoms with Gasteiger partial charge in [0.25, 0.3) is 0 Å². The van der Waals surface area contributed by atoms with E-state index in [2.05, 4.69) is 5.32 Å². The van der Waals surface area contributed by atoms with Crippen LogP contribution in [-0.2, 0) is 4.74 Å². The highest BCUT2D eigenvalue weighted by Crippen LogP contribution is 2.21. The van der Waals surface area contributed by atoms with Gasteiger partial charge in [-0.1, -0.05) is 0 Å². The zero-order valence-electron chi connectivity index (χ0n) is 19.4. The van der Waals surface area contributed by atoms with Crippen LogP contribution >= 0.6 is 0 Å². The Morgan fingerprint density at radius 3 is 1.47 bits per heavy atom. The van der Waals surface area contributed by atoms with E-state index in [1.165, 1.54) is 0 Å². The van der Waals surface area contributed by atoms with Gasteiger partial charge in [0.2, 0.25) is 13.6 Å². The monoisotopic (exact) mass is 465 g/mol. The van der Waals surface area contributed by atoms with E-state index >= 15 is 0 Å². The first-order chi connectivity index (χ1) is 16.8. The molecule has 0 aromatic heterocycles. The SMILES string of the molecule is CNc1ccc(OCOc2ccc(OCOc3ccc(OCCCCC4CO4)cc3)cc2)cc1. The van der Waals surface area contributed by atoms with Gasteiger partial charge in [0.05, 0.1) is 19.3 Å². The van der Waals surface area contributed by atoms with Crippen LogP contribution in [0.2, 0.25) is 0 Å². The fraction of sp³-hybridized carbons (Fsp3) is 0.333. The van der Waals surface area contributed by atoms with Gasteiger partial charge >= 0.3 is 0 Å². The lowest BCUT2D eigenvalue weighted by Crippen LogP contribution is -2.07. The van der Waals surface area contributed by atoms with Crippen molar-refractivity contribution >= 4 is 5.69 Å². The lowest BCUT2D eigenvalue weighted by molar-refractivity contribution is 0.116. The molecule has 0 saturated carbocycles. The van der Waals surface area contributed by atoms with E-state index in [4.69, 9.17) is 28.4 Å². The number of nitrogens with one attached hydrogen (secondary N) is 1. The maximum Gasteiger partial charge on any atom is 0.230 e. The molecular weight excluding hydrogens is 434 g/mol. The molecule has 4 rings (SSSR count). The van der Waals surface area contributed by atoms with Gasteiger partial charge in [0.1, 0.15) is 28.7 Å². The highest BCUT2D eigenvalue weighted by atomic mass is 16.7. The zero-order chi connectivity index (χ0) is 23.4. The molecule has 0 bridgehead atoms. The van der Waals surface area contributed by atoms with Gasteiger partial charge in [-0.25, -0.2) is 0 Å². The summed E-state index contributed by atoms with van der Waals surface area (Å²) in [5.74, 6) is 3.68. The number of anilines is 1. The van der Waals surface area contributed by atoms with Crippen molar-refractivity contribution in [2.75, 3.05) is 39.2 Å². The van der Waals surface area contributed by atoms with Crippen LogP contribution in [0.1, 0.15) is 19.3 Å². The Hall–Kier alpha value is -3.58. The van der Waals surface area contributed by atoms with E-state index in [-0.39, 0.29) is 13.6 Å². The maximum atomic E-state index is 5.76. The summed E-state index contributed by atoms with van der Waals surface area (Å²) in [7, 11) is 1.88. The predicted octanol–water partition coefficient (Wildman–Crippen LogP) is 5.51. The Bertz CT molecular complexity index is 972. The Kier molecular flexibility index (Phi) is 8.74. The molecule has 7 heteroatoms. The summed E-state index contributed by atoms with van der Waals surface area (Å²) in [6.45, 7) is 1.87. The normalized spacial score (nSPS) is 14.2. The van der Waals surface area contributed by atoms with Crippen LogP contribution in [-0.4, -0.2) is 40.0 Å². The van der Waals surface area contributed by atoms with Crippen LogP contribution in [0.25, 0.3) is 0 Å². The third kappa shape index (κ3) is 8.08. The average Bonchev–Trinajstić information content (AvgIpc) is 3.71. The third-order valence-electron chi connectivity index (χ3n) is 5.28. The lowest BCUT2D eigenvalue weighted by atomic mass is 10.2. The number of epoxide rings is 1. The number of hydrogen-bond donors (Lipinski definition) is 1. The molecule has 1 aliphatic heterocycles. The van der Waals surface area contributed by atoms with E-state index in [9.17, 15) is 0 Å². The van der Waals surface area contributed by atoms with Gasteiger partial charge in [-0.05, 0) is 92.1 Å². The van der Waals surface area contributed by atoms with E-state index in [0.29, 0.717) is 24.2 Å². The zero-order valence-corrected chi connectivity index (χ0v) is 19.4. The molecule has 1 heterocycles. The molecule has 3 aromatic rings. The van der Waals surface area contributed by atoms with Crippen LogP contribution in [0.3, 0.4) is 0 Å². The van der Waals surface area contributed by atoms with Crippen molar-refractivity contribution in [3.8, 4) is 28.7 Å². The Morgan fingerprint density at radius 2 is 1.06 bits per heavy atom. The molecule has 1 fully saturated rings. The van der Waals surface area contributed by atoms with Crippen molar-refractivity contribution in [3.63, 3.8) is 0 Å². The molecule has 34 heavy (non-hydrogen) atoms. The predicted molar refractivity (Wildman–Crippen MR) is 130 cm³/mol. The van der Waals surface area contributed by atoms with Gasteiger partial charge in [0.15, 0.2) is 0 Å². The second-order valence-electron chi connectivity index (χ2n) is 7.83. The molecule has 0 aliphatic carbocycles. The highest BCUT2D eigenvalue weighted by molar-refractivity contribution is 5.45. The van der Waals surface area contributed by atoms with E-state index in [1.54, 1.807) is 0 Å². The van der Waals surface area contributed by atoms with Gasteiger partial charge in [0, 0.05) is 12.7 Å². The van der Waals surface area contributed by atoms with E-state index in [0.717, 1.165) is 48.8 Å². The third-order valence-corrected chi connectivity index (χ3v) is 5.28. The molecule has 0 radical (unpaired) electrons. The number of benzene rings is 3. The lowest BCUT2D eigenvalue weighted by Gasteiger charge is -2.11. The molecule has 1 aliphatic rings. The van der Waals surface area contributed by atoms with Gasteiger partial charge < -0.3 is 33.7 Å². The summed E-state index contributed by atoms with van der Waals surface area (Å²) >= 11 is 0. The highest BCUT2D eigenvalue weighted by Gasteiger charge is 2.20. The van der Waals surface area contributed by atoms with Crippen LogP contribution in [0.4, 0.5) is 5.69 Å². The van der Waals surface area contributed by atoms with Crippen molar-refractivity contribution in [3.05, 3.63) is 72.8 Å².